The summed E-state index contributed by atoms with van der Waals surface area (Å²) in [5.41, 5.74) is 0.845. The Morgan fingerprint density at radius 2 is 1.28 bits per heavy atom. The van der Waals surface area contributed by atoms with Crippen LogP contribution >= 0.6 is 12.3 Å². The number of carbonyl (C=O) groups excluding carboxylic acids is 1. The molecule has 0 radical (unpaired) electrons. The van der Waals surface area contributed by atoms with Gasteiger partial charge in [-0.2, -0.15) is 0 Å². The molecule has 0 saturated carbocycles. The van der Waals surface area contributed by atoms with Crippen molar-refractivity contribution in [2.45, 2.75) is 142 Å². The van der Waals surface area contributed by atoms with Crippen molar-refractivity contribution in [1.82, 2.24) is 5.32 Å². The number of rotatable bonds is 23. The highest BCUT2D eigenvalue weighted by atomic mass is 32.2. The Morgan fingerprint density at radius 3 is 1.83 bits per heavy atom. The van der Waals surface area contributed by atoms with Gasteiger partial charge in [0.15, 0.2) is 24.9 Å². The number of amides is 1. The summed E-state index contributed by atoms with van der Waals surface area (Å²) in [5, 5.41) is 15.6. The van der Waals surface area contributed by atoms with Gasteiger partial charge in [0.25, 0.3) is 5.91 Å². The topological polar surface area (TPSA) is 114 Å². The second-order valence-electron chi connectivity index (χ2n) is 16.0. The van der Waals surface area contributed by atoms with Gasteiger partial charge in [-0.1, -0.05) is 133 Å². The standard InChI is InChI=1S/C60H59NO9S/c1-6-8-10-12-14-16-18-20-21-22-23-24-25-26-27-28-29-30-32-34-36-38-43-47-56(62)61-54(51(4)50(3)44-40-37-35-33-31-19-17-15-13-11-9-7-2)48-64-59-52(5)57(68-71-70-69-63)58-55(66-59)49-65-60(67-58)53-45-41-39-42-46-53/h37,39-42,45-46,50-52,54-55,57-60,63H,7,9,11,13,15,17,19,31,33,35,44,48-49H2,1-5H3,(H,61,62)/t50-,51-,52?,54+,55?,57?,58?,59?,60?/m1/s1. The maximum absolute atomic E-state index is 13.2. The Labute approximate surface area is 427 Å². The highest BCUT2D eigenvalue weighted by Gasteiger charge is 2.50. The van der Waals surface area contributed by atoms with Crippen molar-refractivity contribution in [2.24, 2.45) is 17.8 Å². The van der Waals surface area contributed by atoms with Crippen LogP contribution in [0.3, 0.4) is 0 Å². The monoisotopic (exact) mass is 969 g/mol. The minimum Gasteiger partial charge on any atom is -0.350 e. The van der Waals surface area contributed by atoms with Crippen molar-refractivity contribution in [2.75, 3.05) is 13.2 Å². The lowest BCUT2D eigenvalue weighted by Gasteiger charge is -2.48. The molecule has 10 nitrogen and oxygen atoms in total. The second kappa shape index (κ2) is 39.0. The van der Waals surface area contributed by atoms with Crippen molar-refractivity contribution in [3.63, 3.8) is 0 Å². The van der Waals surface area contributed by atoms with Gasteiger partial charge in [0.1, 0.15) is 18.3 Å². The molecular formula is C60H59NO9S. The number of allylic oxidation sites excluding steroid dienone is 2. The third-order valence-electron chi connectivity index (χ3n) is 11.0. The number of ether oxygens (including phenoxy) is 4. The van der Waals surface area contributed by atoms with Gasteiger partial charge in [0.05, 0.1) is 19.3 Å². The number of unbranched alkanes of at least 4 members (excludes halogenated alkanes) is 9. The molecule has 2 saturated heterocycles. The van der Waals surface area contributed by atoms with Gasteiger partial charge in [-0.15, -0.1) is 4.33 Å². The van der Waals surface area contributed by atoms with Crippen molar-refractivity contribution in [1.29, 1.82) is 0 Å². The average Bonchev–Trinajstić information content (AvgIpc) is 3.38. The van der Waals surface area contributed by atoms with Crippen molar-refractivity contribution >= 4 is 18.2 Å². The van der Waals surface area contributed by atoms with E-state index in [1.165, 1.54) is 57.8 Å². The summed E-state index contributed by atoms with van der Waals surface area (Å²) in [7, 11) is 0. The maximum atomic E-state index is 13.2. The van der Waals surface area contributed by atoms with Crippen LogP contribution in [-0.4, -0.2) is 55.0 Å². The predicted molar refractivity (Wildman–Crippen MR) is 276 cm³/mol. The first kappa shape index (κ1) is 58.5. The zero-order chi connectivity index (χ0) is 50.8. The smallest absolute Gasteiger partial charge is 0.297 e. The van der Waals surface area contributed by atoms with E-state index in [1.54, 1.807) is 6.92 Å². The molecule has 1 amide bonds. The van der Waals surface area contributed by atoms with E-state index in [4.69, 9.17) is 28.4 Å². The Hall–Kier alpha value is -6.82. The summed E-state index contributed by atoms with van der Waals surface area (Å²) < 4.78 is 35.9. The van der Waals surface area contributed by atoms with Crippen molar-refractivity contribution < 1.29 is 42.6 Å². The second-order valence-corrected chi connectivity index (χ2v) is 16.5. The molecule has 6 unspecified atom stereocenters. The van der Waals surface area contributed by atoms with Crippen molar-refractivity contribution in [3.8, 4) is 142 Å². The zero-order valence-electron chi connectivity index (χ0n) is 41.1. The summed E-state index contributed by atoms with van der Waals surface area (Å²) in [6, 6.07) is 9.10. The van der Waals surface area contributed by atoms with E-state index >= 15 is 0 Å². The molecule has 2 heterocycles. The fourth-order valence-electron chi connectivity index (χ4n) is 7.01. The zero-order valence-corrected chi connectivity index (χ0v) is 41.9. The Morgan fingerprint density at radius 1 is 0.746 bits per heavy atom. The molecule has 1 aromatic rings. The van der Waals surface area contributed by atoms with Crippen LogP contribution in [0.1, 0.15) is 117 Å². The average molecular weight is 970 g/mol. The van der Waals surface area contributed by atoms with Gasteiger partial charge < -0.3 is 24.3 Å². The predicted octanol–water partition coefficient (Wildman–Crippen LogP) is 8.53. The van der Waals surface area contributed by atoms with Gasteiger partial charge in [-0.3, -0.25) is 8.98 Å². The minimum atomic E-state index is -0.788. The van der Waals surface area contributed by atoms with E-state index in [1.807, 2.05) is 37.3 Å². The highest BCUT2D eigenvalue weighted by molar-refractivity contribution is 7.89. The number of benzene rings is 1. The number of hydrogen-bond donors (Lipinski definition) is 2. The number of carbonyl (C=O) groups is 1. The lowest BCUT2D eigenvalue weighted by molar-refractivity contribution is -0.435. The van der Waals surface area contributed by atoms with Crippen LogP contribution in [0.15, 0.2) is 42.5 Å². The summed E-state index contributed by atoms with van der Waals surface area (Å²) in [6.45, 7) is 10.4. The van der Waals surface area contributed by atoms with Crippen LogP contribution in [0.25, 0.3) is 0 Å². The summed E-state index contributed by atoms with van der Waals surface area (Å²) in [5.74, 6) is 60.3. The molecule has 2 aliphatic rings. The first-order valence-corrected chi connectivity index (χ1v) is 24.3. The van der Waals surface area contributed by atoms with Gasteiger partial charge in [-0.05, 0) is 133 Å². The van der Waals surface area contributed by atoms with E-state index in [2.05, 4.69) is 190 Å². The largest absolute Gasteiger partial charge is 0.350 e. The Bertz CT molecular complexity index is 2660. The molecule has 3 rings (SSSR count). The van der Waals surface area contributed by atoms with Gasteiger partial charge in [-0.25, -0.2) is 5.26 Å². The normalized spacial score (nSPS) is 18.9. The number of hydrogen-bond acceptors (Lipinski definition) is 10. The highest BCUT2D eigenvalue weighted by Crippen LogP contribution is 2.39. The third-order valence-corrected chi connectivity index (χ3v) is 11.4. The molecule has 0 aromatic heterocycles. The van der Waals surface area contributed by atoms with Crippen LogP contribution in [0.5, 0.6) is 0 Å². The van der Waals surface area contributed by atoms with Crippen molar-refractivity contribution in [3.05, 3.63) is 48.0 Å². The number of fused-ring (bicyclic) bond motifs is 1. The molecule has 1 aromatic carbocycles. The molecule has 2 fully saturated rings. The lowest BCUT2D eigenvalue weighted by Crippen LogP contribution is -2.60. The molecule has 364 valence electrons. The fraction of sp³-hybridized carbons (Fsp3) is 0.450. The van der Waals surface area contributed by atoms with Gasteiger partial charge >= 0.3 is 0 Å². The summed E-state index contributed by atoms with van der Waals surface area (Å²) in [6.07, 6.45) is 14.8. The van der Waals surface area contributed by atoms with Gasteiger partial charge in [0, 0.05) is 52.9 Å². The van der Waals surface area contributed by atoms with Crippen LogP contribution in [0.4, 0.5) is 0 Å². The molecule has 0 aliphatic carbocycles. The van der Waals surface area contributed by atoms with E-state index in [0.717, 1.165) is 18.4 Å². The summed E-state index contributed by atoms with van der Waals surface area (Å²) in [4.78, 5) is 13.2. The molecule has 9 atom stereocenters. The third kappa shape index (κ3) is 26.1. The van der Waals surface area contributed by atoms with Crippen LogP contribution in [-0.2, 0) is 37.3 Å². The Kier molecular flexibility index (Phi) is 32.1. The maximum Gasteiger partial charge on any atom is 0.297 e. The van der Waals surface area contributed by atoms with E-state index < -0.39 is 48.8 Å². The first-order valence-electron chi connectivity index (χ1n) is 23.7. The quantitative estimate of drug-likeness (QED) is 0.0277. The molecule has 11 heteroatoms. The molecular weight excluding hydrogens is 911 g/mol. The molecule has 0 spiro atoms. The molecule has 71 heavy (non-hydrogen) atoms. The van der Waals surface area contributed by atoms with Crippen LogP contribution < -0.4 is 5.32 Å². The van der Waals surface area contributed by atoms with E-state index in [-0.39, 0.29) is 25.0 Å². The minimum absolute atomic E-state index is 0.0307. The van der Waals surface area contributed by atoms with Crippen LogP contribution in [0, 0.1) is 160 Å². The van der Waals surface area contributed by atoms with Gasteiger partial charge in [0.2, 0.25) is 0 Å². The Balaban J connectivity index is 1.62. The molecule has 2 N–H and O–H groups in total. The summed E-state index contributed by atoms with van der Waals surface area (Å²) >= 11 is 0.468. The van der Waals surface area contributed by atoms with E-state index in [9.17, 15) is 4.79 Å². The van der Waals surface area contributed by atoms with Crippen LogP contribution in [0.2, 0.25) is 0 Å². The SMILES string of the molecule is CC#CC#CC#CC#CC#CC#CC#CC#CC#CC#CC#CC#CC(=O)N[C@@H](COC1OC2COC(c3ccccc3)OC2C(OSOOO)C1C)[C@H](C)[C@H](C)CC=CCCCCCCCCCCC. The first-order chi connectivity index (χ1) is 34.9. The number of nitrogens with one attached hydrogen (secondary N) is 1. The lowest BCUT2D eigenvalue weighted by atomic mass is 9.86. The van der Waals surface area contributed by atoms with E-state index in [0.29, 0.717) is 12.3 Å². The molecule has 0 bridgehead atoms. The fourth-order valence-corrected chi connectivity index (χ4v) is 7.44. The molecule has 2 aliphatic heterocycles.